The maximum atomic E-state index is 11.7. The fraction of sp³-hybridized carbons (Fsp3) is 0.545. The first kappa shape index (κ1) is 12.7. The van der Waals surface area contributed by atoms with Crippen molar-refractivity contribution in [3.63, 3.8) is 0 Å². The number of nitrogens with zero attached hydrogens (tertiary/aromatic N) is 1. The van der Waals surface area contributed by atoms with Crippen LogP contribution < -0.4 is 0 Å². The first-order chi connectivity index (χ1) is 7.24. The molecule has 0 spiro atoms. The highest BCUT2D eigenvalue weighted by molar-refractivity contribution is 9.09. The monoisotopic (exact) mass is 289 g/mol. The molecule has 0 saturated carbocycles. The Kier molecular flexibility index (Phi) is 5.95. The third kappa shape index (κ3) is 4.80. The SMILES string of the molecule is CN(Cc1cccs1)C(=O)CCCCBr. The van der Waals surface area contributed by atoms with Gasteiger partial charge in [-0.3, -0.25) is 4.79 Å². The van der Waals surface area contributed by atoms with Crippen LogP contribution >= 0.6 is 27.3 Å². The summed E-state index contributed by atoms with van der Waals surface area (Å²) in [4.78, 5) is 14.7. The van der Waals surface area contributed by atoms with E-state index < -0.39 is 0 Å². The van der Waals surface area contributed by atoms with Crippen molar-refractivity contribution >= 4 is 33.2 Å². The average Bonchev–Trinajstić information content (AvgIpc) is 2.70. The molecule has 0 fully saturated rings. The number of thiophene rings is 1. The molecule has 1 rings (SSSR count). The number of carbonyl (C=O) groups is 1. The predicted octanol–water partition coefficient (Wildman–Crippen LogP) is 3.27. The molecule has 84 valence electrons. The molecular formula is C11H16BrNOS. The van der Waals surface area contributed by atoms with Gasteiger partial charge in [0.15, 0.2) is 0 Å². The van der Waals surface area contributed by atoms with Crippen molar-refractivity contribution in [2.45, 2.75) is 25.8 Å². The summed E-state index contributed by atoms with van der Waals surface area (Å²) in [7, 11) is 1.87. The highest BCUT2D eigenvalue weighted by atomic mass is 79.9. The van der Waals surface area contributed by atoms with Gasteiger partial charge >= 0.3 is 0 Å². The zero-order valence-electron chi connectivity index (χ0n) is 8.91. The number of alkyl halides is 1. The first-order valence-electron chi connectivity index (χ1n) is 5.06. The molecule has 0 radical (unpaired) electrons. The lowest BCUT2D eigenvalue weighted by Gasteiger charge is -2.15. The van der Waals surface area contributed by atoms with Gasteiger partial charge < -0.3 is 4.90 Å². The Hall–Kier alpha value is -0.350. The summed E-state index contributed by atoms with van der Waals surface area (Å²) in [5.41, 5.74) is 0. The maximum absolute atomic E-state index is 11.7. The summed E-state index contributed by atoms with van der Waals surface area (Å²) in [5.74, 6) is 0.240. The van der Waals surface area contributed by atoms with E-state index in [0.717, 1.165) is 24.7 Å². The minimum Gasteiger partial charge on any atom is -0.341 e. The topological polar surface area (TPSA) is 20.3 Å². The molecule has 0 aromatic carbocycles. The van der Waals surface area contributed by atoms with Gasteiger partial charge in [0.25, 0.3) is 0 Å². The van der Waals surface area contributed by atoms with Gasteiger partial charge in [-0.05, 0) is 24.3 Å². The second-order valence-electron chi connectivity index (χ2n) is 3.48. The molecule has 0 bridgehead atoms. The number of halogens is 1. The Morgan fingerprint density at radius 1 is 1.53 bits per heavy atom. The lowest BCUT2D eigenvalue weighted by molar-refractivity contribution is -0.130. The standard InChI is InChI=1S/C11H16BrNOS/c1-13(9-10-5-4-8-15-10)11(14)6-2-3-7-12/h4-5,8H,2-3,6-7,9H2,1H3. The molecule has 0 aliphatic rings. The Labute approximate surface area is 103 Å². The van der Waals surface area contributed by atoms with Crippen LogP contribution in [0.3, 0.4) is 0 Å². The first-order valence-corrected chi connectivity index (χ1v) is 7.06. The van der Waals surface area contributed by atoms with Gasteiger partial charge in [0.1, 0.15) is 0 Å². The number of carbonyl (C=O) groups excluding carboxylic acids is 1. The van der Waals surface area contributed by atoms with Gasteiger partial charge in [0.2, 0.25) is 5.91 Å². The van der Waals surface area contributed by atoms with Crippen molar-refractivity contribution < 1.29 is 4.79 Å². The predicted molar refractivity (Wildman–Crippen MR) is 68.4 cm³/mol. The van der Waals surface area contributed by atoms with Crippen LogP contribution in [0.15, 0.2) is 17.5 Å². The zero-order valence-corrected chi connectivity index (χ0v) is 11.3. The highest BCUT2D eigenvalue weighted by Crippen LogP contribution is 2.12. The highest BCUT2D eigenvalue weighted by Gasteiger charge is 2.08. The summed E-state index contributed by atoms with van der Waals surface area (Å²) < 4.78 is 0. The van der Waals surface area contributed by atoms with Crippen LogP contribution in [0.25, 0.3) is 0 Å². The van der Waals surface area contributed by atoms with Crippen LogP contribution in [0.1, 0.15) is 24.1 Å². The van der Waals surface area contributed by atoms with Crippen LogP contribution in [-0.2, 0) is 11.3 Å². The summed E-state index contributed by atoms with van der Waals surface area (Å²) in [6.07, 6.45) is 2.70. The molecule has 1 heterocycles. The molecule has 1 aromatic rings. The molecule has 15 heavy (non-hydrogen) atoms. The van der Waals surface area contributed by atoms with Crippen LogP contribution in [0, 0.1) is 0 Å². The van der Waals surface area contributed by atoms with Crippen molar-refractivity contribution in [2.75, 3.05) is 12.4 Å². The number of rotatable bonds is 6. The van der Waals surface area contributed by atoms with Crippen molar-refractivity contribution in [3.8, 4) is 0 Å². The Bertz CT molecular complexity index is 287. The van der Waals surface area contributed by atoms with Gasteiger partial charge in [-0.15, -0.1) is 11.3 Å². The van der Waals surface area contributed by atoms with Crippen LogP contribution in [-0.4, -0.2) is 23.2 Å². The van der Waals surface area contributed by atoms with Gasteiger partial charge in [0.05, 0.1) is 6.54 Å². The van der Waals surface area contributed by atoms with E-state index in [1.807, 2.05) is 18.5 Å². The fourth-order valence-corrected chi connectivity index (χ4v) is 2.44. The minimum absolute atomic E-state index is 0.240. The molecule has 1 amide bonds. The number of hydrogen-bond acceptors (Lipinski definition) is 2. The van der Waals surface area contributed by atoms with Gasteiger partial charge in [0, 0.05) is 23.7 Å². The summed E-state index contributed by atoms with van der Waals surface area (Å²) in [6.45, 7) is 0.741. The van der Waals surface area contributed by atoms with Crippen molar-refractivity contribution in [1.29, 1.82) is 0 Å². The van der Waals surface area contributed by atoms with E-state index >= 15 is 0 Å². The lowest BCUT2D eigenvalue weighted by atomic mass is 10.2. The quantitative estimate of drug-likeness (QED) is 0.581. The molecule has 0 saturated heterocycles. The van der Waals surface area contributed by atoms with Crippen LogP contribution in [0.2, 0.25) is 0 Å². The van der Waals surface area contributed by atoms with Crippen LogP contribution in [0.4, 0.5) is 0 Å². The van der Waals surface area contributed by atoms with Crippen molar-refractivity contribution in [1.82, 2.24) is 4.90 Å². The third-order valence-electron chi connectivity index (χ3n) is 2.17. The van der Waals surface area contributed by atoms with E-state index in [-0.39, 0.29) is 5.91 Å². The molecule has 2 nitrogen and oxygen atoms in total. The summed E-state index contributed by atoms with van der Waals surface area (Å²) >= 11 is 5.06. The number of amides is 1. The third-order valence-corrected chi connectivity index (χ3v) is 3.60. The second-order valence-corrected chi connectivity index (χ2v) is 5.30. The van der Waals surface area contributed by atoms with Gasteiger partial charge in [-0.2, -0.15) is 0 Å². The van der Waals surface area contributed by atoms with Gasteiger partial charge in [-0.1, -0.05) is 22.0 Å². The second kappa shape index (κ2) is 7.01. The molecule has 0 N–H and O–H groups in total. The Morgan fingerprint density at radius 3 is 2.93 bits per heavy atom. The average molecular weight is 290 g/mol. The maximum Gasteiger partial charge on any atom is 0.222 e. The molecule has 1 aromatic heterocycles. The molecule has 0 unspecified atom stereocenters. The largest absolute Gasteiger partial charge is 0.341 e. The molecular weight excluding hydrogens is 274 g/mol. The van der Waals surface area contributed by atoms with E-state index in [4.69, 9.17) is 0 Å². The Balaban J connectivity index is 2.27. The number of unbranched alkanes of at least 4 members (excludes halogenated alkanes) is 1. The normalized spacial score (nSPS) is 10.3. The van der Waals surface area contributed by atoms with Crippen LogP contribution in [0.5, 0.6) is 0 Å². The molecule has 0 aliphatic carbocycles. The fourth-order valence-electron chi connectivity index (χ4n) is 1.29. The van der Waals surface area contributed by atoms with E-state index in [9.17, 15) is 4.79 Å². The zero-order chi connectivity index (χ0) is 11.1. The van der Waals surface area contributed by atoms with E-state index in [0.29, 0.717) is 6.42 Å². The van der Waals surface area contributed by atoms with E-state index in [1.165, 1.54) is 4.88 Å². The summed E-state index contributed by atoms with van der Waals surface area (Å²) in [6, 6.07) is 4.08. The molecule has 0 aliphatic heterocycles. The van der Waals surface area contributed by atoms with E-state index in [1.54, 1.807) is 16.2 Å². The molecule has 4 heteroatoms. The summed E-state index contributed by atoms with van der Waals surface area (Å²) in [5, 5.41) is 3.02. The number of hydrogen-bond donors (Lipinski definition) is 0. The van der Waals surface area contributed by atoms with E-state index in [2.05, 4.69) is 22.0 Å². The van der Waals surface area contributed by atoms with Gasteiger partial charge in [-0.25, -0.2) is 0 Å². The van der Waals surface area contributed by atoms with Crippen molar-refractivity contribution in [3.05, 3.63) is 22.4 Å². The smallest absolute Gasteiger partial charge is 0.222 e. The minimum atomic E-state index is 0.240. The Morgan fingerprint density at radius 2 is 2.33 bits per heavy atom. The lowest BCUT2D eigenvalue weighted by Crippen LogP contribution is -2.25. The molecule has 0 atom stereocenters. The van der Waals surface area contributed by atoms with Crippen molar-refractivity contribution in [2.24, 2.45) is 0 Å².